The third kappa shape index (κ3) is 1.48. The van der Waals surface area contributed by atoms with Crippen LogP contribution in [0, 0.1) is 5.92 Å². The van der Waals surface area contributed by atoms with Crippen molar-refractivity contribution in [1.82, 2.24) is 19.5 Å². The predicted octanol–water partition coefficient (Wildman–Crippen LogP) is 1.51. The molecule has 1 aliphatic carbocycles. The van der Waals surface area contributed by atoms with E-state index < -0.39 is 6.23 Å². The summed E-state index contributed by atoms with van der Waals surface area (Å²) in [4.78, 5) is 12.3. The molecule has 0 spiro atoms. The molecule has 1 unspecified atom stereocenters. The van der Waals surface area contributed by atoms with E-state index in [4.69, 9.17) is 0 Å². The Morgan fingerprint density at radius 2 is 2.12 bits per heavy atom. The molecule has 5 nitrogen and oxygen atoms in total. The molecule has 0 aliphatic heterocycles. The second-order valence-electron chi connectivity index (χ2n) is 4.34. The van der Waals surface area contributed by atoms with Crippen molar-refractivity contribution in [2.45, 2.75) is 31.9 Å². The molecule has 3 rings (SSSR count). The number of hydrogen-bond donors (Lipinski definition) is 1. The van der Waals surface area contributed by atoms with Crippen molar-refractivity contribution < 1.29 is 5.11 Å². The van der Waals surface area contributed by atoms with Crippen molar-refractivity contribution in [3.63, 3.8) is 0 Å². The predicted molar refractivity (Wildman–Crippen MR) is 58.5 cm³/mol. The summed E-state index contributed by atoms with van der Waals surface area (Å²) in [6, 6.07) is 0. The molecule has 1 atom stereocenters. The summed E-state index contributed by atoms with van der Waals surface area (Å²) < 4.78 is 1.76. The van der Waals surface area contributed by atoms with E-state index in [2.05, 4.69) is 15.0 Å². The molecule has 16 heavy (non-hydrogen) atoms. The van der Waals surface area contributed by atoms with Crippen molar-refractivity contribution >= 4 is 11.2 Å². The lowest BCUT2D eigenvalue weighted by molar-refractivity contribution is 0.0470. The Morgan fingerprint density at radius 1 is 1.31 bits per heavy atom. The number of rotatable bonds is 2. The van der Waals surface area contributed by atoms with Gasteiger partial charge in [0.2, 0.25) is 0 Å². The highest BCUT2D eigenvalue weighted by atomic mass is 16.3. The number of aliphatic hydroxyl groups is 1. The molecule has 0 radical (unpaired) electrons. The van der Waals surface area contributed by atoms with Gasteiger partial charge in [-0.05, 0) is 12.8 Å². The van der Waals surface area contributed by atoms with Crippen LogP contribution >= 0.6 is 0 Å². The van der Waals surface area contributed by atoms with Gasteiger partial charge in [-0.2, -0.15) is 0 Å². The quantitative estimate of drug-likeness (QED) is 0.829. The topological polar surface area (TPSA) is 63.8 Å². The van der Waals surface area contributed by atoms with E-state index in [9.17, 15) is 5.11 Å². The van der Waals surface area contributed by atoms with Gasteiger partial charge in [0.25, 0.3) is 0 Å². The van der Waals surface area contributed by atoms with Crippen LogP contribution in [-0.2, 0) is 0 Å². The summed E-state index contributed by atoms with van der Waals surface area (Å²) in [6.45, 7) is 0. The van der Waals surface area contributed by atoms with Crippen LogP contribution in [-0.4, -0.2) is 24.6 Å². The summed E-state index contributed by atoms with van der Waals surface area (Å²) in [7, 11) is 0. The maximum absolute atomic E-state index is 10.3. The number of hydrogen-bond acceptors (Lipinski definition) is 4. The Bertz CT molecular complexity index is 489. The summed E-state index contributed by atoms with van der Waals surface area (Å²) in [5.74, 6) is 0.340. The standard InChI is InChI=1S/C11H14N4O/c16-11(8-3-1-2-4-8)15-7-14-9-5-12-6-13-10(9)15/h5-8,11,16H,1-4H2. The zero-order valence-electron chi connectivity index (χ0n) is 8.95. The highest BCUT2D eigenvalue weighted by Crippen LogP contribution is 2.33. The summed E-state index contributed by atoms with van der Waals surface area (Å²) in [5, 5.41) is 10.3. The van der Waals surface area contributed by atoms with Crippen molar-refractivity contribution in [1.29, 1.82) is 0 Å². The monoisotopic (exact) mass is 218 g/mol. The van der Waals surface area contributed by atoms with E-state index in [0.29, 0.717) is 5.92 Å². The number of nitrogens with zero attached hydrogens (tertiary/aromatic N) is 4. The zero-order valence-corrected chi connectivity index (χ0v) is 8.95. The fraction of sp³-hybridized carbons (Fsp3) is 0.545. The van der Waals surface area contributed by atoms with Crippen molar-refractivity contribution in [2.75, 3.05) is 0 Å². The molecule has 2 aromatic rings. The molecular formula is C11H14N4O. The molecule has 0 amide bonds. The molecule has 2 aromatic heterocycles. The van der Waals surface area contributed by atoms with Gasteiger partial charge in [0.1, 0.15) is 18.1 Å². The molecule has 1 N–H and O–H groups in total. The lowest BCUT2D eigenvalue weighted by atomic mass is 10.1. The van der Waals surface area contributed by atoms with Crippen molar-refractivity contribution in [2.24, 2.45) is 5.92 Å². The molecule has 1 fully saturated rings. The third-order valence-electron chi connectivity index (χ3n) is 3.34. The van der Waals surface area contributed by atoms with Crippen LogP contribution in [0.5, 0.6) is 0 Å². The normalized spacial score (nSPS) is 19.3. The SMILES string of the molecule is OC(C1CCCC1)n1cnc2cncnc21. The minimum absolute atomic E-state index is 0.340. The van der Waals surface area contributed by atoms with Crippen LogP contribution in [0.2, 0.25) is 0 Å². The Balaban J connectivity index is 1.98. The maximum atomic E-state index is 10.3. The maximum Gasteiger partial charge on any atom is 0.165 e. The first kappa shape index (κ1) is 9.72. The van der Waals surface area contributed by atoms with E-state index in [1.165, 1.54) is 19.2 Å². The second kappa shape index (κ2) is 3.83. The van der Waals surface area contributed by atoms with Gasteiger partial charge in [0.15, 0.2) is 5.65 Å². The molecule has 0 bridgehead atoms. The summed E-state index contributed by atoms with van der Waals surface area (Å²) in [6.07, 6.45) is 8.91. The molecule has 1 saturated carbocycles. The fourth-order valence-corrected chi connectivity index (χ4v) is 2.46. The first-order valence-corrected chi connectivity index (χ1v) is 5.67. The Morgan fingerprint density at radius 3 is 2.94 bits per heavy atom. The first-order chi connectivity index (χ1) is 7.86. The molecule has 2 heterocycles. The lowest BCUT2D eigenvalue weighted by Crippen LogP contribution is -2.16. The largest absolute Gasteiger partial charge is 0.373 e. The number of aliphatic hydroxyl groups excluding tert-OH is 1. The van der Waals surface area contributed by atoms with Crippen molar-refractivity contribution in [3.05, 3.63) is 18.9 Å². The number of aromatic nitrogens is 4. The fourth-order valence-electron chi connectivity index (χ4n) is 2.46. The van der Waals surface area contributed by atoms with E-state index >= 15 is 0 Å². The van der Waals surface area contributed by atoms with Crippen LogP contribution in [0.15, 0.2) is 18.9 Å². The van der Waals surface area contributed by atoms with Crippen LogP contribution in [0.3, 0.4) is 0 Å². The lowest BCUT2D eigenvalue weighted by Gasteiger charge is -2.18. The van der Waals surface area contributed by atoms with E-state index in [1.54, 1.807) is 17.1 Å². The average molecular weight is 218 g/mol. The van der Waals surface area contributed by atoms with Gasteiger partial charge in [-0.25, -0.2) is 15.0 Å². The van der Waals surface area contributed by atoms with Crippen LogP contribution in [0.4, 0.5) is 0 Å². The molecule has 84 valence electrons. The van der Waals surface area contributed by atoms with Crippen LogP contribution < -0.4 is 0 Å². The Labute approximate surface area is 93.2 Å². The van der Waals surface area contributed by atoms with Gasteiger partial charge >= 0.3 is 0 Å². The van der Waals surface area contributed by atoms with E-state index in [0.717, 1.165) is 24.0 Å². The average Bonchev–Trinajstić information content (AvgIpc) is 2.98. The number of fused-ring (bicyclic) bond motifs is 1. The summed E-state index contributed by atoms with van der Waals surface area (Å²) >= 11 is 0. The third-order valence-corrected chi connectivity index (χ3v) is 3.34. The van der Waals surface area contributed by atoms with E-state index in [-0.39, 0.29) is 0 Å². The second-order valence-corrected chi connectivity index (χ2v) is 4.34. The first-order valence-electron chi connectivity index (χ1n) is 5.67. The van der Waals surface area contributed by atoms with E-state index in [1.807, 2.05) is 0 Å². The Hall–Kier alpha value is -1.49. The van der Waals surface area contributed by atoms with Gasteiger partial charge in [0.05, 0.1) is 12.5 Å². The zero-order chi connectivity index (χ0) is 11.0. The smallest absolute Gasteiger partial charge is 0.165 e. The van der Waals surface area contributed by atoms with Crippen LogP contribution in [0.25, 0.3) is 11.2 Å². The molecule has 1 aliphatic rings. The van der Waals surface area contributed by atoms with Gasteiger partial charge < -0.3 is 5.11 Å². The minimum Gasteiger partial charge on any atom is -0.373 e. The van der Waals surface area contributed by atoms with Gasteiger partial charge in [0, 0.05) is 5.92 Å². The Kier molecular flexibility index (Phi) is 2.32. The minimum atomic E-state index is -0.498. The van der Waals surface area contributed by atoms with Gasteiger partial charge in [-0.15, -0.1) is 0 Å². The molecule has 0 aromatic carbocycles. The molecule has 5 heteroatoms. The number of imidazole rings is 1. The van der Waals surface area contributed by atoms with Crippen molar-refractivity contribution in [3.8, 4) is 0 Å². The summed E-state index contributed by atoms with van der Waals surface area (Å²) in [5.41, 5.74) is 1.45. The highest BCUT2D eigenvalue weighted by Gasteiger charge is 2.25. The molecular weight excluding hydrogens is 204 g/mol. The van der Waals surface area contributed by atoms with Gasteiger partial charge in [-0.1, -0.05) is 12.8 Å². The van der Waals surface area contributed by atoms with Gasteiger partial charge in [-0.3, -0.25) is 4.57 Å². The van der Waals surface area contributed by atoms with Crippen LogP contribution in [0.1, 0.15) is 31.9 Å². The molecule has 0 saturated heterocycles. The highest BCUT2D eigenvalue weighted by molar-refractivity contribution is 5.68.